The molecule has 0 aliphatic carbocycles. The molecular weight excluding hydrogens is 435 g/mol. The van der Waals surface area contributed by atoms with Crippen LogP contribution in [0.3, 0.4) is 0 Å². The maximum absolute atomic E-state index is 13.4. The molecule has 34 heavy (non-hydrogen) atoms. The molecule has 2 aromatic rings. The molecule has 6 nitrogen and oxygen atoms in total. The minimum absolute atomic E-state index is 0.0419. The molecule has 2 fully saturated rings. The lowest BCUT2D eigenvalue weighted by atomic mass is 9.93. The van der Waals surface area contributed by atoms with Gasteiger partial charge in [0.2, 0.25) is 0 Å². The van der Waals surface area contributed by atoms with Crippen LogP contribution in [0.5, 0.6) is 0 Å². The molecule has 7 heteroatoms. The predicted molar refractivity (Wildman–Crippen MR) is 128 cm³/mol. The standard InChI is InChI=1S/C27H31FN2O4/c1-18(2)19-4-6-20(7-5-19)24-23(25(31)21-8-10-22(28)11-9-21)26(32)27(33)30(24)13-3-12-29-14-16-34-17-15-29/h4-11,18,24,31H,3,12-17H2,1-2H3/b25-23+. The van der Waals surface area contributed by atoms with Crippen molar-refractivity contribution in [2.45, 2.75) is 32.2 Å². The van der Waals surface area contributed by atoms with Crippen molar-refractivity contribution in [2.75, 3.05) is 39.4 Å². The predicted octanol–water partition coefficient (Wildman–Crippen LogP) is 4.09. The number of rotatable bonds is 7. The maximum atomic E-state index is 13.4. The van der Waals surface area contributed by atoms with Gasteiger partial charge in [0, 0.05) is 31.7 Å². The number of carbonyl (C=O) groups is 2. The summed E-state index contributed by atoms with van der Waals surface area (Å²) in [6, 6.07) is 12.4. The van der Waals surface area contributed by atoms with E-state index in [1.165, 1.54) is 24.3 Å². The number of ether oxygens (including phenoxy) is 1. The normalized spacial score (nSPS) is 20.9. The zero-order valence-corrected chi connectivity index (χ0v) is 19.7. The van der Waals surface area contributed by atoms with Crippen molar-refractivity contribution < 1.29 is 23.8 Å². The number of aliphatic hydroxyl groups excluding tert-OH is 1. The molecule has 2 heterocycles. The Labute approximate surface area is 199 Å². The summed E-state index contributed by atoms with van der Waals surface area (Å²) in [4.78, 5) is 30.0. The molecule has 2 aromatic carbocycles. The number of carbonyl (C=O) groups excluding carboxylic acids is 2. The summed E-state index contributed by atoms with van der Waals surface area (Å²) < 4.78 is 18.8. The van der Waals surface area contributed by atoms with Crippen LogP contribution in [0, 0.1) is 5.82 Å². The van der Waals surface area contributed by atoms with Crippen LogP contribution in [0.4, 0.5) is 4.39 Å². The van der Waals surface area contributed by atoms with Crippen LogP contribution in [0.15, 0.2) is 54.1 Å². The highest BCUT2D eigenvalue weighted by molar-refractivity contribution is 6.46. The summed E-state index contributed by atoms with van der Waals surface area (Å²) in [5.41, 5.74) is 2.25. The molecule has 2 aliphatic rings. The number of Topliss-reactive ketones (excluding diaryl/α,β-unsaturated/α-hetero) is 1. The zero-order chi connectivity index (χ0) is 24.2. The number of benzene rings is 2. The number of hydrogen-bond acceptors (Lipinski definition) is 5. The Morgan fingerprint density at radius 3 is 2.29 bits per heavy atom. The maximum Gasteiger partial charge on any atom is 0.295 e. The van der Waals surface area contributed by atoms with Gasteiger partial charge < -0.3 is 14.7 Å². The number of morpholine rings is 1. The third kappa shape index (κ3) is 5.05. The van der Waals surface area contributed by atoms with E-state index >= 15 is 0 Å². The number of halogens is 1. The summed E-state index contributed by atoms with van der Waals surface area (Å²) >= 11 is 0. The Morgan fingerprint density at radius 1 is 1.03 bits per heavy atom. The topological polar surface area (TPSA) is 70.1 Å². The van der Waals surface area contributed by atoms with Gasteiger partial charge in [-0.2, -0.15) is 0 Å². The van der Waals surface area contributed by atoms with E-state index in [2.05, 4.69) is 18.7 Å². The SMILES string of the molecule is CC(C)c1ccc(C2/C(=C(\O)c3ccc(F)cc3)C(=O)C(=O)N2CCCN2CCOCC2)cc1. The molecule has 0 saturated carbocycles. The Hall–Kier alpha value is -3.03. The molecule has 1 atom stereocenters. The molecule has 0 radical (unpaired) electrons. The molecule has 2 aliphatic heterocycles. The summed E-state index contributed by atoms with van der Waals surface area (Å²) in [7, 11) is 0. The minimum Gasteiger partial charge on any atom is -0.507 e. The first kappa shape index (κ1) is 24.1. The third-order valence-electron chi connectivity index (χ3n) is 6.55. The van der Waals surface area contributed by atoms with Crippen LogP contribution < -0.4 is 0 Å². The van der Waals surface area contributed by atoms with E-state index in [1.807, 2.05) is 24.3 Å². The summed E-state index contributed by atoms with van der Waals surface area (Å²) in [6.45, 7) is 8.48. The molecule has 1 unspecified atom stereocenters. The highest BCUT2D eigenvalue weighted by Gasteiger charge is 2.45. The van der Waals surface area contributed by atoms with Gasteiger partial charge in [-0.15, -0.1) is 0 Å². The van der Waals surface area contributed by atoms with Crippen LogP contribution in [-0.4, -0.2) is 66.0 Å². The average Bonchev–Trinajstić information content (AvgIpc) is 3.10. The van der Waals surface area contributed by atoms with Gasteiger partial charge in [0.1, 0.15) is 11.6 Å². The third-order valence-corrected chi connectivity index (χ3v) is 6.55. The number of hydrogen-bond donors (Lipinski definition) is 1. The largest absolute Gasteiger partial charge is 0.507 e. The second kappa shape index (κ2) is 10.5. The van der Waals surface area contributed by atoms with Gasteiger partial charge in [0.15, 0.2) is 0 Å². The van der Waals surface area contributed by atoms with Gasteiger partial charge in [0.25, 0.3) is 11.7 Å². The lowest BCUT2D eigenvalue weighted by molar-refractivity contribution is -0.140. The van der Waals surface area contributed by atoms with E-state index in [-0.39, 0.29) is 11.3 Å². The fraction of sp³-hybridized carbons (Fsp3) is 0.407. The number of ketones is 1. The number of amides is 1. The number of aliphatic hydroxyl groups is 1. The molecule has 1 amide bonds. The summed E-state index contributed by atoms with van der Waals surface area (Å²) in [5, 5.41) is 11.1. The molecule has 2 saturated heterocycles. The Morgan fingerprint density at radius 2 is 1.68 bits per heavy atom. The average molecular weight is 467 g/mol. The number of likely N-dealkylation sites (tertiary alicyclic amines) is 1. The molecule has 180 valence electrons. The monoisotopic (exact) mass is 466 g/mol. The second-order valence-corrected chi connectivity index (χ2v) is 9.13. The van der Waals surface area contributed by atoms with E-state index < -0.39 is 23.5 Å². The van der Waals surface area contributed by atoms with Gasteiger partial charge in [-0.3, -0.25) is 14.5 Å². The van der Waals surface area contributed by atoms with Gasteiger partial charge in [0.05, 0.1) is 24.8 Å². The van der Waals surface area contributed by atoms with Crippen molar-refractivity contribution in [1.29, 1.82) is 0 Å². The van der Waals surface area contributed by atoms with Crippen LogP contribution >= 0.6 is 0 Å². The van der Waals surface area contributed by atoms with Crippen molar-refractivity contribution in [3.63, 3.8) is 0 Å². The van der Waals surface area contributed by atoms with Gasteiger partial charge >= 0.3 is 0 Å². The van der Waals surface area contributed by atoms with E-state index in [0.717, 1.165) is 30.8 Å². The van der Waals surface area contributed by atoms with Crippen LogP contribution in [-0.2, 0) is 14.3 Å². The van der Waals surface area contributed by atoms with Gasteiger partial charge in [-0.05, 0) is 47.7 Å². The van der Waals surface area contributed by atoms with Crippen molar-refractivity contribution >= 4 is 17.4 Å². The van der Waals surface area contributed by atoms with Crippen molar-refractivity contribution in [1.82, 2.24) is 9.80 Å². The van der Waals surface area contributed by atoms with Crippen LogP contribution in [0.2, 0.25) is 0 Å². The van der Waals surface area contributed by atoms with Crippen LogP contribution in [0.1, 0.15) is 48.9 Å². The van der Waals surface area contributed by atoms with Crippen molar-refractivity contribution in [3.05, 3.63) is 76.6 Å². The molecule has 0 aromatic heterocycles. The lowest BCUT2D eigenvalue weighted by Crippen LogP contribution is -2.38. The molecular formula is C27H31FN2O4. The Balaban J connectivity index is 1.67. The van der Waals surface area contributed by atoms with E-state index in [9.17, 15) is 19.1 Å². The second-order valence-electron chi connectivity index (χ2n) is 9.13. The lowest BCUT2D eigenvalue weighted by Gasteiger charge is -2.29. The molecule has 1 N–H and O–H groups in total. The first-order chi connectivity index (χ1) is 16.4. The first-order valence-corrected chi connectivity index (χ1v) is 11.8. The fourth-order valence-corrected chi connectivity index (χ4v) is 4.57. The van der Waals surface area contributed by atoms with Gasteiger partial charge in [-0.25, -0.2) is 4.39 Å². The van der Waals surface area contributed by atoms with Crippen molar-refractivity contribution in [2.24, 2.45) is 0 Å². The summed E-state index contributed by atoms with van der Waals surface area (Å²) in [5.74, 6) is -1.73. The zero-order valence-electron chi connectivity index (χ0n) is 19.7. The summed E-state index contributed by atoms with van der Waals surface area (Å²) in [6.07, 6.45) is 0.699. The van der Waals surface area contributed by atoms with Gasteiger partial charge in [-0.1, -0.05) is 38.1 Å². The quantitative estimate of drug-likeness (QED) is 0.378. The molecule has 4 rings (SSSR count). The minimum atomic E-state index is -0.717. The molecule has 0 spiro atoms. The highest BCUT2D eigenvalue weighted by atomic mass is 19.1. The first-order valence-electron chi connectivity index (χ1n) is 11.8. The highest BCUT2D eigenvalue weighted by Crippen LogP contribution is 2.39. The van der Waals surface area contributed by atoms with Crippen molar-refractivity contribution in [3.8, 4) is 0 Å². The fourth-order valence-electron chi connectivity index (χ4n) is 4.57. The Kier molecular flexibility index (Phi) is 7.44. The van der Waals surface area contributed by atoms with E-state index in [4.69, 9.17) is 4.74 Å². The smallest absolute Gasteiger partial charge is 0.295 e. The van der Waals surface area contributed by atoms with E-state index in [1.54, 1.807) is 4.90 Å². The Bertz CT molecular complexity index is 1060. The molecule has 0 bridgehead atoms. The van der Waals surface area contributed by atoms with Crippen LogP contribution in [0.25, 0.3) is 5.76 Å². The number of nitrogens with zero attached hydrogens (tertiary/aromatic N) is 2. The van der Waals surface area contributed by atoms with E-state index in [0.29, 0.717) is 37.7 Å².